The molecule has 1 amide bonds. The third-order valence-electron chi connectivity index (χ3n) is 2.96. The first-order valence-electron chi connectivity index (χ1n) is 6.57. The van der Waals surface area contributed by atoms with Crippen molar-refractivity contribution in [3.05, 3.63) is 28.0 Å². The molecule has 1 atom stereocenters. The smallest absolute Gasteiger partial charge is 0.244 e. The standard InChI is InChI=1S/C14H18N2O3S/c1-2-11-6-12(19-16-11)7-15-14(18)4-3-13-5-10(8-17)9-20-13/h3-5,9,12,17H,2,6-8H2,1H3,(H,15,18). The van der Waals surface area contributed by atoms with Gasteiger partial charge in [0.15, 0.2) is 0 Å². The number of carbonyl (C=O) groups is 1. The fourth-order valence-corrected chi connectivity index (χ4v) is 2.60. The highest BCUT2D eigenvalue weighted by Gasteiger charge is 2.19. The maximum absolute atomic E-state index is 11.7. The largest absolute Gasteiger partial charge is 0.392 e. The Morgan fingerprint density at radius 1 is 1.70 bits per heavy atom. The third-order valence-corrected chi connectivity index (χ3v) is 3.91. The molecule has 1 aliphatic heterocycles. The van der Waals surface area contributed by atoms with Crippen LogP contribution in [0.3, 0.4) is 0 Å². The first kappa shape index (κ1) is 14.7. The minimum Gasteiger partial charge on any atom is -0.392 e. The normalized spacial score (nSPS) is 18.1. The van der Waals surface area contributed by atoms with Gasteiger partial charge in [-0.1, -0.05) is 12.1 Å². The molecule has 0 aromatic carbocycles. The second kappa shape index (κ2) is 7.21. The number of thiophene rings is 1. The molecule has 2 N–H and O–H groups in total. The van der Waals surface area contributed by atoms with E-state index in [-0.39, 0.29) is 18.6 Å². The molecule has 0 spiro atoms. The van der Waals surface area contributed by atoms with Gasteiger partial charge in [-0.05, 0) is 29.5 Å². The predicted octanol–water partition coefficient (Wildman–Crippen LogP) is 1.92. The van der Waals surface area contributed by atoms with E-state index in [9.17, 15) is 4.79 Å². The molecule has 0 saturated heterocycles. The summed E-state index contributed by atoms with van der Waals surface area (Å²) in [7, 11) is 0. The Morgan fingerprint density at radius 3 is 3.20 bits per heavy atom. The van der Waals surface area contributed by atoms with Crippen LogP contribution in [0.25, 0.3) is 6.08 Å². The van der Waals surface area contributed by atoms with Crippen LogP contribution in [0.15, 0.2) is 22.7 Å². The Hall–Kier alpha value is -1.66. The summed E-state index contributed by atoms with van der Waals surface area (Å²) in [5.41, 5.74) is 1.90. The van der Waals surface area contributed by atoms with E-state index in [1.165, 1.54) is 17.4 Å². The quantitative estimate of drug-likeness (QED) is 0.788. The van der Waals surface area contributed by atoms with Gasteiger partial charge in [-0.2, -0.15) is 0 Å². The minimum atomic E-state index is -0.155. The van der Waals surface area contributed by atoms with Crippen LogP contribution in [-0.4, -0.2) is 29.4 Å². The molecule has 108 valence electrons. The van der Waals surface area contributed by atoms with Crippen molar-refractivity contribution >= 4 is 29.0 Å². The van der Waals surface area contributed by atoms with Gasteiger partial charge in [0.25, 0.3) is 0 Å². The first-order chi connectivity index (χ1) is 9.71. The summed E-state index contributed by atoms with van der Waals surface area (Å²) in [4.78, 5) is 17.8. The summed E-state index contributed by atoms with van der Waals surface area (Å²) in [6, 6.07) is 1.86. The maximum Gasteiger partial charge on any atom is 0.244 e. The molecule has 2 heterocycles. The number of oxime groups is 1. The van der Waals surface area contributed by atoms with Crippen molar-refractivity contribution in [2.24, 2.45) is 5.16 Å². The summed E-state index contributed by atoms with van der Waals surface area (Å²) in [6.45, 7) is 2.52. The molecule has 0 saturated carbocycles. The van der Waals surface area contributed by atoms with Crippen LogP contribution in [0.2, 0.25) is 0 Å². The van der Waals surface area contributed by atoms with Crippen molar-refractivity contribution in [3.8, 4) is 0 Å². The third kappa shape index (κ3) is 4.18. The monoisotopic (exact) mass is 294 g/mol. The highest BCUT2D eigenvalue weighted by molar-refractivity contribution is 7.11. The number of nitrogens with one attached hydrogen (secondary N) is 1. The Bertz CT molecular complexity index is 522. The van der Waals surface area contributed by atoms with Gasteiger partial charge in [-0.3, -0.25) is 4.79 Å². The Morgan fingerprint density at radius 2 is 2.55 bits per heavy atom. The molecule has 0 aliphatic carbocycles. The molecule has 0 bridgehead atoms. The van der Waals surface area contributed by atoms with E-state index in [2.05, 4.69) is 10.5 Å². The number of hydrogen-bond acceptors (Lipinski definition) is 5. The number of aliphatic hydroxyl groups excluding tert-OH is 1. The molecule has 5 nitrogen and oxygen atoms in total. The fraction of sp³-hybridized carbons (Fsp3) is 0.429. The number of rotatable bonds is 6. The van der Waals surface area contributed by atoms with Crippen LogP contribution < -0.4 is 5.32 Å². The van der Waals surface area contributed by atoms with Crippen molar-refractivity contribution in [1.82, 2.24) is 5.32 Å². The summed E-state index contributed by atoms with van der Waals surface area (Å²) in [6.07, 6.45) is 4.85. The first-order valence-corrected chi connectivity index (χ1v) is 7.45. The van der Waals surface area contributed by atoms with Crippen molar-refractivity contribution < 1.29 is 14.7 Å². The van der Waals surface area contributed by atoms with Crippen LogP contribution in [0, 0.1) is 0 Å². The Labute approximate surface area is 121 Å². The molecular weight excluding hydrogens is 276 g/mol. The van der Waals surface area contributed by atoms with Crippen molar-refractivity contribution in [3.63, 3.8) is 0 Å². The van der Waals surface area contributed by atoms with Gasteiger partial charge < -0.3 is 15.3 Å². The molecule has 1 aromatic rings. The summed E-state index contributed by atoms with van der Waals surface area (Å²) >= 11 is 1.49. The average Bonchev–Trinajstić information content (AvgIpc) is 3.11. The van der Waals surface area contributed by atoms with Crippen LogP contribution >= 0.6 is 11.3 Å². The van der Waals surface area contributed by atoms with Crippen LogP contribution in [0.1, 0.15) is 30.2 Å². The van der Waals surface area contributed by atoms with E-state index in [1.807, 2.05) is 18.4 Å². The maximum atomic E-state index is 11.7. The lowest BCUT2D eigenvalue weighted by Crippen LogP contribution is -2.31. The lowest BCUT2D eigenvalue weighted by Gasteiger charge is -2.07. The van der Waals surface area contributed by atoms with Gasteiger partial charge >= 0.3 is 0 Å². The topological polar surface area (TPSA) is 70.9 Å². The number of hydrogen-bond donors (Lipinski definition) is 2. The fourth-order valence-electron chi connectivity index (χ4n) is 1.80. The second-order valence-corrected chi connectivity index (χ2v) is 5.48. The highest BCUT2D eigenvalue weighted by Crippen LogP contribution is 2.16. The van der Waals surface area contributed by atoms with Gasteiger partial charge in [-0.25, -0.2) is 0 Å². The molecule has 2 rings (SSSR count). The van der Waals surface area contributed by atoms with E-state index >= 15 is 0 Å². The summed E-state index contributed by atoms with van der Waals surface area (Å²) in [5, 5.41) is 17.6. The van der Waals surface area contributed by atoms with Crippen molar-refractivity contribution in [2.75, 3.05) is 6.54 Å². The van der Waals surface area contributed by atoms with Crippen LogP contribution in [-0.2, 0) is 16.2 Å². The average molecular weight is 294 g/mol. The van der Waals surface area contributed by atoms with E-state index < -0.39 is 0 Å². The molecule has 6 heteroatoms. The molecule has 1 aromatic heterocycles. The van der Waals surface area contributed by atoms with Crippen molar-refractivity contribution in [1.29, 1.82) is 0 Å². The van der Waals surface area contributed by atoms with E-state index in [0.29, 0.717) is 6.54 Å². The van der Waals surface area contributed by atoms with E-state index in [4.69, 9.17) is 9.94 Å². The van der Waals surface area contributed by atoms with Crippen LogP contribution in [0.4, 0.5) is 0 Å². The van der Waals surface area contributed by atoms with E-state index in [1.54, 1.807) is 6.08 Å². The lowest BCUT2D eigenvalue weighted by molar-refractivity contribution is -0.117. The Kier molecular flexibility index (Phi) is 5.31. The Balaban J connectivity index is 1.73. The molecule has 20 heavy (non-hydrogen) atoms. The number of nitrogens with zero attached hydrogens (tertiary/aromatic N) is 1. The summed E-state index contributed by atoms with van der Waals surface area (Å²) < 4.78 is 0. The number of amides is 1. The minimum absolute atomic E-state index is 0.0231. The van der Waals surface area contributed by atoms with Gasteiger partial charge in [-0.15, -0.1) is 11.3 Å². The van der Waals surface area contributed by atoms with Gasteiger partial charge in [0.05, 0.1) is 18.9 Å². The number of carbonyl (C=O) groups excluding carboxylic acids is 1. The zero-order valence-electron chi connectivity index (χ0n) is 11.3. The van der Waals surface area contributed by atoms with Gasteiger partial charge in [0.2, 0.25) is 5.91 Å². The lowest BCUT2D eigenvalue weighted by atomic mass is 10.1. The molecule has 0 radical (unpaired) electrons. The SMILES string of the molecule is CCC1=NOC(CNC(=O)C=Cc2cc(CO)cs2)C1. The second-order valence-electron chi connectivity index (χ2n) is 4.54. The number of aliphatic hydroxyl groups is 1. The predicted molar refractivity (Wildman–Crippen MR) is 79.5 cm³/mol. The van der Waals surface area contributed by atoms with Crippen LogP contribution in [0.5, 0.6) is 0 Å². The molecule has 0 fully saturated rings. The molecule has 1 aliphatic rings. The van der Waals surface area contributed by atoms with Gasteiger partial charge in [0, 0.05) is 17.4 Å². The van der Waals surface area contributed by atoms with Gasteiger partial charge in [0.1, 0.15) is 6.10 Å². The molecular formula is C14H18N2O3S. The summed E-state index contributed by atoms with van der Waals surface area (Å²) in [5.74, 6) is -0.155. The van der Waals surface area contributed by atoms with Crippen molar-refractivity contribution in [2.45, 2.75) is 32.5 Å². The molecule has 1 unspecified atom stereocenters. The van der Waals surface area contributed by atoms with E-state index in [0.717, 1.165) is 29.0 Å². The zero-order chi connectivity index (χ0) is 14.4. The highest BCUT2D eigenvalue weighted by atomic mass is 32.1. The zero-order valence-corrected chi connectivity index (χ0v) is 12.2.